The lowest BCUT2D eigenvalue weighted by atomic mass is 10.1. The van der Waals surface area contributed by atoms with Crippen LogP contribution in [0, 0.1) is 12.7 Å². The highest BCUT2D eigenvalue weighted by Gasteiger charge is 2.11. The van der Waals surface area contributed by atoms with Crippen molar-refractivity contribution in [3.63, 3.8) is 0 Å². The summed E-state index contributed by atoms with van der Waals surface area (Å²) in [4.78, 5) is 12.1. The third kappa shape index (κ3) is 3.08. The van der Waals surface area contributed by atoms with Gasteiger partial charge in [-0.25, -0.2) is 4.39 Å². The molecule has 0 heterocycles. The monoisotopic (exact) mass is 293 g/mol. The van der Waals surface area contributed by atoms with Crippen LogP contribution >= 0.6 is 11.6 Å². The Morgan fingerprint density at radius 3 is 2.65 bits per heavy atom. The molecular formula is C15H13ClFNO2. The average molecular weight is 294 g/mol. The molecule has 0 aliphatic rings. The van der Waals surface area contributed by atoms with Crippen LogP contribution < -0.4 is 10.1 Å². The summed E-state index contributed by atoms with van der Waals surface area (Å²) in [6.45, 7) is 1.68. The molecule has 3 nitrogen and oxygen atoms in total. The summed E-state index contributed by atoms with van der Waals surface area (Å²) < 4.78 is 18.1. The third-order valence-corrected chi connectivity index (χ3v) is 3.15. The van der Waals surface area contributed by atoms with E-state index in [9.17, 15) is 9.18 Å². The molecule has 0 saturated heterocycles. The van der Waals surface area contributed by atoms with Gasteiger partial charge in [-0.05, 0) is 42.8 Å². The van der Waals surface area contributed by atoms with Crippen LogP contribution in [-0.2, 0) is 0 Å². The van der Waals surface area contributed by atoms with Crippen molar-refractivity contribution in [1.82, 2.24) is 0 Å². The first-order valence-corrected chi connectivity index (χ1v) is 6.30. The van der Waals surface area contributed by atoms with Crippen molar-refractivity contribution >= 4 is 23.2 Å². The Labute approximate surface area is 121 Å². The Morgan fingerprint density at radius 2 is 2.00 bits per heavy atom. The van der Waals surface area contributed by atoms with Crippen molar-refractivity contribution < 1.29 is 13.9 Å². The zero-order valence-electron chi connectivity index (χ0n) is 11.0. The summed E-state index contributed by atoms with van der Waals surface area (Å²) in [5.74, 6) is -0.209. The number of carbonyl (C=O) groups is 1. The second kappa shape index (κ2) is 5.92. The molecule has 0 aliphatic carbocycles. The Morgan fingerprint density at radius 1 is 1.25 bits per heavy atom. The first kappa shape index (κ1) is 14.3. The molecule has 1 amide bonds. The van der Waals surface area contributed by atoms with E-state index in [2.05, 4.69) is 5.32 Å². The largest absolute Gasteiger partial charge is 0.495 e. The quantitative estimate of drug-likeness (QED) is 0.927. The molecule has 0 aliphatic heterocycles. The molecular weight excluding hydrogens is 281 g/mol. The number of aryl methyl sites for hydroxylation is 1. The van der Waals surface area contributed by atoms with Gasteiger partial charge in [0.25, 0.3) is 5.91 Å². The molecule has 1 N–H and O–H groups in total. The van der Waals surface area contributed by atoms with Crippen LogP contribution in [0.15, 0.2) is 36.4 Å². The number of anilines is 1. The van der Waals surface area contributed by atoms with Gasteiger partial charge in [0.15, 0.2) is 0 Å². The van der Waals surface area contributed by atoms with E-state index in [1.54, 1.807) is 25.1 Å². The van der Waals surface area contributed by atoms with E-state index in [0.29, 0.717) is 27.6 Å². The van der Waals surface area contributed by atoms with Crippen molar-refractivity contribution in [2.45, 2.75) is 6.92 Å². The number of nitrogens with one attached hydrogen (secondary N) is 1. The van der Waals surface area contributed by atoms with Gasteiger partial charge in [0.05, 0.1) is 12.1 Å². The molecule has 0 unspecified atom stereocenters. The van der Waals surface area contributed by atoms with Gasteiger partial charge in [-0.2, -0.15) is 0 Å². The van der Waals surface area contributed by atoms with Crippen LogP contribution in [0.1, 0.15) is 15.9 Å². The van der Waals surface area contributed by atoms with E-state index in [1.807, 2.05) is 0 Å². The highest BCUT2D eigenvalue weighted by Crippen LogP contribution is 2.27. The van der Waals surface area contributed by atoms with Crippen LogP contribution in [0.5, 0.6) is 5.75 Å². The van der Waals surface area contributed by atoms with E-state index >= 15 is 0 Å². The highest BCUT2D eigenvalue weighted by atomic mass is 35.5. The van der Waals surface area contributed by atoms with E-state index < -0.39 is 0 Å². The predicted molar refractivity (Wildman–Crippen MR) is 77.1 cm³/mol. The number of carbonyl (C=O) groups excluding carboxylic acids is 1. The Bertz CT molecular complexity index is 658. The van der Waals surface area contributed by atoms with Crippen LogP contribution in [0.25, 0.3) is 0 Å². The standard InChI is InChI=1S/C15H13ClFNO2/c1-9-7-10(17)3-5-12(9)15(19)18-11-4-6-13(16)14(8-11)20-2/h3-8H,1-2H3,(H,18,19). The maximum atomic E-state index is 13.0. The maximum absolute atomic E-state index is 13.0. The van der Waals surface area contributed by atoms with E-state index in [4.69, 9.17) is 16.3 Å². The summed E-state index contributed by atoms with van der Waals surface area (Å²) in [6, 6.07) is 8.95. The minimum Gasteiger partial charge on any atom is -0.495 e. The minimum absolute atomic E-state index is 0.313. The van der Waals surface area contributed by atoms with Gasteiger partial charge in [-0.15, -0.1) is 0 Å². The van der Waals surface area contributed by atoms with Gasteiger partial charge in [0.1, 0.15) is 11.6 Å². The Hall–Kier alpha value is -2.07. The van der Waals surface area contributed by atoms with Crippen molar-refractivity contribution in [2.24, 2.45) is 0 Å². The fraction of sp³-hybridized carbons (Fsp3) is 0.133. The van der Waals surface area contributed by atoms with Crippen LogP contribution in [0.4, 0.5) is 10.1 Å². The molecule has 104 valence electrons. The average Bonchev–Trinajstić information content (AvgIpc) is 2.40. The van der Waals surface area contributed by atoms with Crippen molar-refractivity contribution in [2.75, 3.05) is 12.4 Å². The smallest absolute Gasteiger partial charge is 0.255 e. The van der Waals surface area contributed by atoms with Gasteiger partial charge in [-0.1, -0.05) is 11.6 Å². The van der Waals surface area contributed by atoms with Crippen molar-refractivity contribution in [3.8, 4) is 5.75 Å². The number of methoxy groups -OCH3 is 1. The number of hydrogen-bond acceptors (Lipinski definition) is 2. The fourth-order valence-corrected chi connectivity index (χ4v) is 2.01. The lowest BCUT2D eigenvalue weighted by Crippen LogP contribution is -2.13. The second-order valence-electron chi connectivity index (χ2n) is 4.26. The van der Waals surface area contributed by atoms with Gasteiger partial charge < -0.3 is 10.1 Å². The third-order valence-electron chi connectivity index (χ3n) is 2.84. The number of halogens is 2. The molecule has 0 bridgehead atoms. The molecule has 0 atom stereocenters. The first-order chi connectivity index (χ1) is 9.51. The van der Waals surface area contributed by atoms with Gasteiger partial charge in [-0.3, -0.25) is 4.79 Å². The number of amides is 1. The van der Waals surface area contributed by atoms with E-state index in [0.717, 1.165) is 0 Å². The molecule has 20 heavy (non-hydrogen) atoms. The number of hydrogen-bond donors (Lipinski definition) is 1. The van der Waals surface area contributed by atoms with Crippen molar-refractivity contribution in [3.05, 3.63) is 58.4 Å². The molecule has 0 saturated carbocycles. The molecule has 0 spiro atoms. The van der Waals surface area contributed by atoms with Crippen LogP contribution in [-0.4, -0.2) is 13.0 Å². The number of benzene rings is 2. The lowest BCUT2D eigenvalue weighted by molar-refractivity contribution is 0.102. The Kier molecular flexibility index (Phi) is 4.25. The van der Waals surface area contributed by atoms with Crippen LogP contribution in [0.3, 0.4) is 0 Å². The molecule has 0 fully saturated rings. The SMILES string of the molecule is COc1cc(NC(=O)c2ccc(F)cc2C)ccc1Cl. The van der Waals surface area contributed by atoms with Gasteiger partial charge >= 0.3 is 0 Å². The van der Waals surface area contributed by atoms with Crippen molar-refractivity contribution in [1.29, 1.82) is 0 Å². The summed E-state index contributed by atoms with van der Waals surface area (Å²) in [7, 11) is 1.50. The normalized spacial score (nSPS) is 10.2. The lowest BCUT2D eigenvalue weighted by Gasteiger charge is -2.10. The molecule has 2 rings (SSSR count). The molecule has 5 heteroatoms. The summed E-state index contributed by atoms with van der Waals surface area (Å²) >= 11 is 5.91. The van der Waals surface area contributed by atoms with Crippen LogP contribution in [0.2, 0.25) is 5.02 Å². The van der Waals surface area contributed by atoms with E-state index in [-0.39, 0.29) is 11.7 Å². The maximum Gasteiger partial charge on any atom is 0.255 e. The number of rotatable bonds is 3. The van der Waals surface area contributed by atoms with E-state index in [1.165, 1.54) is 25.3 Å². The summed E-state index contributed by atoms with van der Waals surface area (Å²) in [5, 5.41) is 3.18. The zero-order valence-corrected chi connectivity index (χ0v) is 11.8. The zero-order chi connectivity index (χ0) is 14.7. The molecule has 0 aromatic heterocycles. The van der Waals surface area contributed by atoms with Gasteiger partial charge in [0, 0.05) is 17.3 Å². The Balaban J connectivity index is 2.23. The predicted octanol–water partition coefficient (Wildman–Crippen LogP) is 4.05. The number of ether oxygens (including phenoxy) is 1. The summed E-state index contributed by atoms with van der Waals surface area (Å²) in [6.07, 6.45) is 0. The fourth-order valence-electron chi connectivity index (χ4n) is 1.82. The topological polar surface area (TPSA) is 38.3 Å². The highest BCUT2D eigenvalue weighted by molar-refractivity contribution is 6.32. The first-order valence-electron chi connectivity index (χ1n) is 5.92. The molecule has 0 radical (unpaired) electrons. The second-order valence-corrected chi connectivity index (χ2v) is 4.67. The minimum atomic E-state index is -0.368. The molecule has 2 aromatic carbocycles. The van der Waals surface area contributed by atoms with Gasteiger partial charge in [0.2, 0.25) is 0 Å². The molecule has 2 aromatic rings. The summed E-state index contributed by atoms with van der Waals surface area (Å²) in [5.41, 5.74) is 1.55.